The van der Waals surface area contributed by atoms with Gasteiger partial charge in [0.1, 0.15) is 22.8 Å². The van der Waals surface area contributed by atoms with Crippen LogP contribution >= 0.6 is 15.9 Å². The highest BCUT2D eigenvalue weighted by Crippen LogP contribution is 2.38. The number of halogens is 1. The van der Waals surface area contributed by atoms with Crippen LogP contribution in [-0.2, 0) is 0 Å². The molecule has 0 amide bonds. The largest absolute Gasteiger partial charge is 0.496 e. The smallest absolute Gasteiger partial charge is 0.379 e. The number of carbonyl (C=O) groups excluding carboxylic acids is 2. The number of carbonyl (C=O) groups is 2. The Balaban J connectivity index is 1.42. The van der Waals surface area contributed by atoms with Crippen LogP contribution in [0.15, 0.2) is 75.3 Å². The van der Waals surface area contributed by atoms with E-state index in [0.717, 1.165) is 15.4 Å². The number of methoxy groups -OCH3 is 1. The molecule has 0 radical (unpaired) electrons. The van der Waals surface area contributed by atoms with Crippen molar-refractivity contribution in [1.29, 1.82) is 0 Å². The number of esters is 1. The summed E-state index contributed by atoms with van der Waals surface area (Å²) in [5.74, 6) is 0.576. The Kier molecular flexibility index (Phi) is 5.26. The minimum absolute atomic E-state index is 0.0787. The van der Waals surface area contributed by atoms with Crippen molar-refractivity contribution in [3.63, 3.8) is 0 Å². The zero-order chi connectivity index (χ0) is 23.1. The Bertz CT molecular complexity index is 1460. The second-order valence-electron chi connectivity index (χ2n) is 7.48. The summed E-state index contributed by atoms with van der Waals surface area (Å²) in [4.78, 5) is 25.6. The molecule has 0 aliphatic carbocycles. The molecule has 1 aliphatic heterocycles. The van der Waals surface area contributed by atoms with Crippen LogP contribution in [0.3, 0.4) is 0 Å². The van der Waals surface area contributed by atoms with Crippen LogP contribution in [0.25, 0.3) is 17.0 Å². The van der Waals surface area contributed by atoms with E-state index in [-0.39, 0.29) is 23.1 Å². The maximum atomic E-state index is 12.9. The Morgan fingerprint density at radius 3 is 2.70 bits per heavy atom. The molecule has 0 N–H and O–H groups in total. The monoisotopic (exact) mass is 504 g/mol. The number of para-hydroxylation sites is 1. The third kappa shape index (κ3) is 3.91. The molecule has 0 fully saturated rings. The lowest BCUT2D eigenvalue weighted by molar-refractivity contribution is 0.0703. The first-order valence-corrected chi connectivity index (χ1v) is 10.9. The van der Waals surface area contributed by atoms with Gasteiger partial charge in [-0.2, -0.15) is 0 Å². The lowest BCUT2D eigenvalue weighted by Gasteiger charge is -2.06. The van der Waals surface area contributed by atoms with Gasteiger partial charge in [-0.15, -0.1) is 0 Å². The number of ether oxygens (including phenoxy) is 3. The molecule has 1 aromatic heterocycles. The number of benzene rings is 3. The molecule has 0 saturated heterocycles. The molecule has 33 heavy (non-hydrogen) atoms. The molecule has 1 aliphatic rings. The number of hydrogen-bond acceptors (Lipinski definition) is 6. The summed E-state index contributed by atoms with van der Waals surface area (Å²) in [7, 11) is 1.56. The van der Waals surface area contributed by atoms with Crippen LogP contribution in [0.4, 0.5) is 0 Å². The fourth-order valence-corrected chi connectivity index (χ4v) is 4.11. The van der Waals surface area contributed by atoms with Gasteiger partial charge in [0.15, 0.2) is 5.76 Å². The van der Waals surface area contributed by atoms with E-state index >= 15 is 0 Å². The van der Waals surface area contributed by atoms with Gasteiger partial charge in [-0.05, 0) is 55.0 Å². The number of ketones is 1. The molecule has 5 rings (SSSR count). The van der Waals surface area contributed by atoms with Crippen molar-refractivity contribution in [2.45, 2.75) is 6.92 Å². The molecule has 0 atom stereocenters. The fraction of sp³-hybridized carbons (Fsp3) is 0.0769. The van der Waals surface area contributed by atoms with Crippen molar-refractivity contribution < 1.29 is 28.2 Å². The zero-order valence-electron chi connectivity index (χ0n) is 17.7. The van der Waals surface area contributed by atoms with Gasteiger partial charge in [0, 0.05) is 21.5 Å². The van der Waals surface area contributed by atoms with Crippen LogP contribution in [0, 0.1) is 6.92 Å². The van der Waals surface area contributed by atoms with Gasteiger partial charge in [-0.1, -0.05) is 34.1 Å². The minimum atomic E-state index is -0.643. The van der Waals surface area contributed by atoms with E-state index in [1.165, 1.54) is 6.07 Å². The summed E-state index contributed by atoms with van der Waals surface area (Å²) < 4.78 is 23.2. The van der Waals surface area contributed by atoms with Crippen molar-refractivity contribution in [1.82, 2.24) is 0 Å². The lowest BCUT2D eigenvalue weighted by atomic mass is 10.0. The predicted octanol–water partition coefficient (Wildman–Crippen LogP) is 6.35. The van der Waals surface area contributed by atoms with Crippen LogP contribution in [-0.4, -0.2) is 18.9 Å². The number of furan rings is 1. The topological polar surface area (TPSA) is 75.0 Å². The fourth-order valence-electron chi connectivity index (χ4n) is 3.74. The molecule has 2 heterocycles. The molecule has 164 valence electrons. The first-order valence-electron chi connectivity index (χ1n) is 10.1. The summed E-state index contributed by atoms with van der Waals surface area (Å²) in [5.41, 5.74) is 2.37. The average Bonchev–Trinajstić information content (AvgIpc) is 3.35. The van der Waals surface area contributed by atoms with Gasteiger partial charge in [0.05, 0.1) is 12.7 Å². The Morgan fingerprint density at radius 1 is 1.06 bits per heavy atom. The first-order chi connectivity index (χ1) is 15.9. The van der Waals surface area contributed by atoms with E-state index in [1.54, 1.807) is 44.4 Å². The summed E-state index contributed by atoms with van der Waals surface area (Å²) in [6.07, 6.45) is 1.64. The Labute approximate surface area is 197 Å². The molecular formula is C26H17BrO6. The normalized spacial score (nSPS) is 13.8. The second-order valence-corrected chi connectivity index (χ2v) is 8.39. The maximum Gasteiger partial charge on any atom is 0.379 e. The van der Waals surface area contributed by atoms with Crippen molar-refractivity contribution in [3.8, 4) is 17.2 Å². The molecular weight excluding hydrogens is 488 g/mol. The predicted molar refractivity (Wildman–Crippen MR) is 126 cm³/mol. The van der Waals surface area contributed by atoms with E-state index in [2.05, 4.69) is 15.9 Å². The summed E-state index contributed by atoms with van der Waals surface area (Å²) in [5, 5.41) is 0.779. The van der Waals surface area contributed by atoms with Crippen molar-refractivity contribution >= 4 is 44.7 Å². The Morgan fingerprint density at radius 2 is 1.88 bits per heavy atom. The molecule has 7 heteroatoms. The molecule has 0 unspecified atom stereocenters. The van der Waals surface area contributed by atoms with Gasteiger partial charge >= 0.3 is 5.97 Å². The minimum Gasteiger partial charge on any atom is -0.496 e. The summed E-state index contributed by atoms with van der Waals surface area (Å²) in [6.45, 7) is 1.77. The van der Waals surface area contributed by atoms with Gasteiger partial charge < -0.3 is 18.6 Å². The number of aryl methyl sites for hydroxylation is 1. The molecule has 3 aromatic carbocycles. The van der Waals surface area contributed by atoms with Crippen molar-refractivity contribution in [2.24, 2.45) is 0 Å². The number of rotatable bonds is 4. The number of Topliss-reactive ketones (excluding diaryl/α,β-unsaturated/α-hetero) is 1. The summed E-state index contributed by atoms with van der Waals surface area (Å²) in [6, 6.07) is 17.6. The van der Waals surface area contributed by atoms with E-state index < -0.39 is 5.97 Å². The standard InChI is InChI=1S/C26H17BrO6/c1-14-9-18(31-26(29)23-12-16-10-17(27)7-8-20(16)32-23)13-21-24(14)25(28)22(33-21)11-15-5-3-4-6-19(15)30-2/h3-13H,1-2H3/b22-11-. The van der Waals surface area contributed by atoms with Crippen LogP contribution in [0.2, 0.25) is 0 Å². The molecule has 4 aromatic rings. The number of allylic oxidation sites excluding steroid dienone is 1. The van der Waals surface area contributed by atoms with Gasteiger partial charge in [0.25, 0.3) is 0 Å². The first kappa shape index (κ1) is 21.0. The third-order valence-electron chi connectivity index (χ3n) is 5.26. The third-order valence-corrected chi connectivity index (χ3v) is 5.75. The van der Waals surface area contributed by atoms with Crippen LogP contribution < -0.4 is 14.2 Å². The Hall–Kier alpha value is -3.84. The van der Waals surface area contributed by atoms with E-state index in [1.807, 2.05) is 30.3 Å². The molecule has 6 nitrogen and oxygen atoms in total. The highest BCUT2D eigenvalue weighted by molar-refractivity contribution is 9.10. The summed E-state index contributed by atoms with van der Waals surface area (Å²) >= 11 is 3.40. The van der Waals surface area contributed by atoms with Crippen molar-refractivity contribution in [2.75, 3.05) is 7.11 Å². The van der Waals surface area contributed by atoms with Gasteiger partial charge in [-0.3, -0.25) is 4.79 Å². The SMILES string of the molecule is COc1ccccc1/C=C1\Oc2cc(OC(=O)c3cc4cc(Br)ccc4o3)cc(C)c2C1=O. The van der Waals surface area contributed by atoms with Crippen LogP contribution in [0.1, 0.15) is 32.0 Å². The maximum absolute atomic E-state index is 12.9. The van der Waals surface area contributed by atoms with Gasteiger partial charge in [0.2, 0.25) is 11.5 Å². The zero-order valence-corrected chi connectivity index (χ0v) is 19.3. The van der Waals surface area contributed by atoms with Crippen LogP contribution in [0.5, 0.6) is 17.2 Å². The van der Waals surface area contributed by atoms with Gasteiger partial charge in [-0.25, -0.2) is 4.79 Å². The van der Waals surface area contributed by atoms with Crippen molar-refractivity contribution in [3.05, 3.63) is 93.3 Å². The molecule has 0 saturated carbocycles. The molecule has 0 bridgehead atoms. The average molecular weight is 505 g/mol. The highest BCUT2D eigenvalue weighted by atomic mass is 79.9. The van der Waals surface area contributed by atoms with E-state index in [4.69, 9.17) is 18.6 Å². The highest BCUT2D eigenvalue weighted by Gasteiger charge is 2.31. The lowest BCUT2D eigenvalue weighted by Crippen LogP contribution is -2.07. The quantitative estimate of drug-likeness (QED) is 0.183. The second kappa shape index (κ2) is 8.26. The molecule has 0 spiro atoms. The van der Waals surface area contributed by atoms with E-state index in [9.17, 15) is 9.59 Å². The number of fused-ring (bicyclic) bond motifs is 2. The van der Waals surface area contributed by atoms with E-state index in [0.29, 0.717) is 28.2 Å². The number of hydrogen-bond donors (Lipinski definition) is 0.